The molecule has 18 heavy (non-hydrogen) atoms. The van der Waals surface area contributed by atoms with Gasteiger partial charge < -0.3 is 14.8 Å². The van der Waals surface area contributed by atoms with E-state index in [1.54, 1.807) is 12.1 Å². The Morgan fingerprint density at radius 3 is 3.06 bits per heavy atom. The molecule has 1 saturated heterocycles. The summed E-state index contributed by atoms with van der Waals surface area (Å²) in [5.74, 6) is 0.328. The second kappa shape index (κ2) is 6.71. The van der Waals surface area contributed by atoms with E-state index < -0.39 is 0 Å². The van der Waals surface area contributed by atoms with Crippen molar-refractivity contribution >= 4 is 0 Å². The number of hydrogen-bond acceptors (Lipinski definition) is 3. The zero-order valence-electron chi connectivity index (χ0n) is 10.7. The van der Waals surface area contributed by atoms with Gasteiger partial charge in [-0.15, -0.1) is 0 Å². The van der Waals surface area contributed by atoms with Crippen LogP contribution in [0.5, 0.6) is 5.75 Å². The standard InChI is InChI=1S/C14H20FNO2/c1-17-13-5-4-11(14(15)9-13)10-16-7-6-12-3-2-8-18-12/h4-5,9,12,16H,2-3,6-8,10H2,1H3. The highest BCUT2D eigenvalue weighted by atomic mass is 19.1. The van der Waals surface area contributed by atoms with Crippen LogP contribution < -0.4 is 10.1 Å². The Bertz CT molecular complexity index is 378. The van der Waals surface area contributed by atoms with Gasteiger partial charge >= 0.3 is 0 Å². The summed E-state index contributed by atoms with van der Waals surface area (Å²) < 4.78 is 24.1. The highest BCUT2D eigenvalue weighted by molar-refractivity contribution is 5.28. The second-order valence-corrected chi connectivity index (χ2v) is 4.56. The van der Waals surface area contributed by atoms with Crippen molar-refractivity contribution < 1.29 is 13.9 Å². The molecular weight excluding hydrogens is 233 g/mol. The van der Waals surface area contributed by atoms with Gasteiger partial charge in [0, 0.05) is 24.8 Å². The zero-order chi connectivity index (χ0) is 12.8. The first-order valence-electron chi connectivity index (χ1n) is 6.44. The van der Waals surface area contributed by atoms with Crippen molar-refractivity contribution in [2.45, 2.75) is 31.9 Å². The van der Waals surface area contributed by atoms with E-state index in [-0.39, 0.29) is 5.82 Å². The monoisotopic (exact) mass is 253 g/mol. The van der Waals surface area contributed by atoms with Gasteiger partial charge in [-0.2, -0.15) is 0 Å². The van der Waals surface area contributed by atoms with E-state index in [4.69, 9.17) is 9.47 Å². The highest BCUT2D eigenvalue weighted by Crippen LogP contribution is 2.17. The molecule has 2 rings (SSSR count). The summed E-state index contributed by atoms with van der Waals surface area (Å²) in [6.45, 7) is 2.29. The molecule has 4 heteroatoms. The number of hydrogen-bond donors (Lipinski definition) is 1. The summed E-state index contributed by atoms with van der Waals surface area (Å²) >= 11 is 0. The molecule has 1 aliphatic rings. The van der Waals surface area contributed by atoms with Crippen LogP contribution in [0.3, 0.4) is 0 Å². The Kier molecular flexibility index (Phi) is 4.96. The predicted molar refractivity (Wildman–Crippen MR) is 68.2 cm³/mol. The molecule has 1 heterocycles. The molecule has 1 unspecified atom stereocenters. The number of rotatable bonds is 6. The summed E-state index contributed by atoms with van der Waals surface area (Å²) in [5, 5.41) is 3.25. The van der Waals surface area contributed by atoms with Crippen molar-refractivity contribution in [3.05, 3.63) is 29.6 Å². The van der Waals surface area contributed by atoms with Crippen molar-refractivity contribution in [2.24, 2.45) is 0 Å². The van der Waals surface area contributed by atoms with Crippen molar-refractivity contribution in [3.8, 4) is 5.75 Å². The SMILES string of the molecule is COc1ccc(CNCCC2CCCO2)c(F)c1. The third-order valence-corrected chi connectivity index (χ3v) is 3.24. The smallest absolute Gasteiger partial charge is 0.131 e. The summed E-state index contributed by atoms with van der Waals surface area (Å²) in [5.41, 5.74) is 0.670. The van der Waals surface area contributed by atoms with E-state index in [0.29, 0.717) is 24.0 Å². The maximum atomic E-state index is 13.6. The fourth-order valence-electron chi connectivity index (χ4n) is 2.16. The molecule has 0 radical (unpaired) electrons. The molecule has 0 spiro atoms. The van der Waals surface area contributed by atoms with Gasteiger partial charge in [0.2, 0.25) is 0 Å². The number of benzene rings is 1. The molecule has 0 aliphatic carbocycles. The van der Waals surface area contributed by atoms with Gasteiger partial charge in [-0.1, -0.05) is 6.07 Å². The highest BCUT2D eigenvalue weighted by Gasteiger charge is 2.14. The number of nitrogens with one attached hydrogen (secondary N) is 1. The second-order valence-electron chi connectivity index (χ2n) is 4.56. The van der Waals surface area contributed by atoms with Crippen LogP contribution in [0.4, 0.5) is 4.39 Å². The molecule has 1 aliphatic heterocycles. The summed E-state index contributed by atoms with van der Waals surface area (Å²) in [6, 6.07) is 4.95. The lowest BCUT2D eigenvalue weighted by Crippen LogP contribution is -2.20. The molecule has 100 valence electrons. The van der Waals surface area contributed by atoms with E-state index in [1.807, 2.05) is 0 Å². The molecule has 0 amide bonds. The molecular formula is C14H20FNO2. The van der Waals surface area contributed by atoms with Crippen LogP contribution in [-0.2, 0) is 11.3 Å². The summed E-state index contributed by atoms with van der Waals surface area (Å²) in [4.78, 5) is 0. The lowest BCUT2D eigenvalue weighted by Gasteiger charge is -2.10. The van der Waals surface area contributed by atoms with Gasteiger partial charge in [0.1, 0.15) is 11.6 Å². The number of halogens is 1. The number of methoxy groups -OCH3 is 1. The molecule has 3 nitrogen and oxygen atoms in total. The quantitative estimate of drug-likeness (QED) is 0.790. The molecule has 0 aromatic heterocycles. The van der Waals surface area contributed by atoms with Gasteiger partial charge in [0.05, 0.1) is 13.2 Å². The van der Waals surface area contributed by atoms with Gasteiger partial charge in [-0.25, -0.2) is 4.39 Å². The molecule has 1 N–H and O–H groups in total. The van der Waals surface area contributed by atoms with Crippen molar-refractivity contribution in [3.63, 3.8) is 0 Å². The average Bonchev–Trinajstić information content (AvgIpc) is 2.89. The van der Waals surface area contributed by atoms with Crippen LogP contribution in [0.25, 0.3) is 0 Å². The first kappa shape index (κ1) is 13.3. The van der Waals surface area contributed by atoms with Crippen LogP contribution in [0.2, 0.25) is 0 Å². The third-order valence-electron chi connectivity index (χ3n) is 3.24. The Morgan fingerprint density at radius 1 is 1.50 bits per heavy atom. The molecule has 1 fully saturated rings. The average molecular weight is 253 g/mol. The zero-order valence-corrected chi connectivity index (χ0v) is 10.7. The molecule has 1 aromatic carbocycles. The topological polar surface area (TPSA) is 30.5 Å². The maximum Gasteiger partial charge on any atom is 0.131 e. The minimum absolute atomic E-state index is 0.223. The van der Waals surface area contributed by atoms with Crippen LogP contribution in [0.1, 0.15) is 24.8 Å². The Morgan fingerprint density at radius 2 is 2.39 bits per heavy atom. The molecule has 1 atom stereocenters. The van der Waals surface area contributed by atoms with E-state index in [9.17, 15) is 4.39 Å². The van der Waals surface area contributed by atoms with Crippen molar-refractivity contribution in [2.75, 3.05) is 20.3 Å². The van der Waals surface area contributed by atoms with E-state index in [0.717, 1.165) is 32.4 Å². The fourth-order valence-corrected chi connectivity index (χ4v) is 2.16. The van der Waals surface area contributed by atoms with Gasteiger partial charge in [0.15, 0.2) is 0 Å². The van der Waals surface area contributed by atoms with E-state index >= 15 is 0 Å². The van der Waals surface area contributed by atoms with E-state index in [2.05, 4.69) is 5.32 Å². The van der Waals surface area contributed by atoms with Gasteiger partial charge in [0.25, 0.3) is 0 Å². The lowest BCUT2D eigenvalue weighted by atomic mass is 10.1. The minimum atomic E-state index is -0.223. The Balaban J connectivity index is 1.72. The first-order valence-corrected chi connectivity index (χ1v) is 6.44. The summed E-state index contributed by atoms with van der Waals surface area (Å²) in [7, 11) is 1.54. The first-order chi connectivity index (χ1) is 8.79. The van der Waals surface area contributed by atoms with Crippen LogP contribution in [-0.4, -0.2) is 26.4 Å². The van der Waals surface area contributed by atoms with E-state index in [1.165, 1.54) is 13.2 Å². The summed E-state index contributed by atoms with van der Waals surface area (Å²) in [6.07, 6.45) is 3.70. The van der Waals surface area contributed by atoms with Crippen LogP contribution >= 0.6 is 0 Å². The lowest BCUT2D eigenvalue weighted by molar-refractivity contribution is 0.104. The van der Waals surface area contributed by atoms with Crippen molar-refractivity contribution in [1.82, 2.24) is 5.32 Å². The molecule has 0 saturated carbocycles. The third kappa shape index (κ3) is 3.68. The molecule has 1 aromatic rings. The Labute approximate surface area is 107 Å². The Hall–Kier alpha value is -1.13. The van der Waals surface area contributed by atoms with Crippen LogP contribution in [0.15, 0.2) is 18.2 Å². The molecule has 0 bridgehead atoms. The maximum absolute atomic E-state index is 13.6. The number of ether oxygens (including phenoxy) is 2. The predicted octanol–water partition coefficient (Wildman–Crippen LogP) is 2.49. The fraction of sp³-hybridized carbons (Fsp3) is 0.571. The van der Waals surface area contributed by atoms with Crippen molar-refractivity contribution in [1.29, 1.82) is 0 Å². The minimum Gasteiger partial charge on any atom is -0.497 e. The van der Waals surface area contributed by atoms with Gasteiger partial charge in [-0.05, 0) is 31.9 Å². The largest absolute Gasteiger partial charge is 0.497 e. The van der Waals surface area contributed by atoms with Gasteiger partial charge in [-0.3, -0.25) is 0 Å². The van der Waals surface area contributed by atoms with Crippen LogP contribution in [0, 0.1) is 5.82 Å². The normalized spacial score (nSPS) is 19.1.